The molecule has 1 amide bonds. The summed E-state index contributed by atoms with van der Waals surface area (Å²) in [5.74, 6) is 0. The molecular weight excluding hydrogens is 340 g/mol. The predicted molar refractivity (Wildman–Crippen MR) is 110 cm³/mol. The van der Waals surface area contributed by atoms with Crippen molar-refractivity contribution in [3.05, 3.63) is 35.9 Å². The van der Waals surface area contributed by atoms with Crippen molar-refractivity contribution in [3.63, 3.8) is 0 Å². The number of nitrogens with one attached hydrogen (secondary N) is 3. The van der Waals surface area contributed by atoms with Crippen LogP contribution in [0, 0.1) is 0 Å². The number of likely N-dealkylation sites (N-methyl/N-ethyl adjacent to an activating group) is 1. The van der Waals surface area contributed by atoms with Gasteiger partial charge in [-0.3, -0.25) is 4.90 Å². The van der Waals surface area contributed by atoms with Crippen LogP contribution in [0.4, 0.5) is 4.79 Å². The summed E-state index contributed by atoms with van der Waals surface area (Å²) in [6.07, 6.45) is 1.95. The van der Waals surface area contributed by atoms with E-state index >= 15 is 0 Å². The fourth-order valence-electron chi connectivity index (χ4n) is 3.31. The Bertz CT molecular complexity index is 553. The second kappa shape index (κ2) is 10.6. The van der Waals surface area contributed by atoms with Gasteiger partial charge in [0.05, 0.1) is 0 Å². The van der Waals surface area contributed by atoms with E-state index < -0.39 is 5.60 Å². The van der Waals surface area contributed by atoms with Gasteiger partial charge in [-0.1, -0.05) is 30.3 Å². The molecule has 0 spiro atoms. The van der Waals surface area contributed by atoms with Crippen molar-refractivity contribution < 1.29 is 9.53 Å². The van der Waals surface area contributed by atoms with E-state index in [1.165, 1.54) is 25.1 Å². The highest BCUT2D eigenvalue weighted by molar-refractivity contribution is 5.68. The van der Waals surface area contributed by atoms with Crippen LogP contribution in [-0.2, 0) is 11.3 Å². The minimum Gasteiger partial charge on any atom is -0.444 e. The molecule has 2 aliphatic heterocycles. The van der Waals surface area contributed by atoms with E-state index in [9.17, 15) is 4.79 Å². The molecule has 6 heteroatoms. The summed E-state index contributed by atoms with van der Waals surface area (Å²) in [6.45, 7) is 10.9. The minimum absolute atomic E-state index is 0.231. The summed E-state index contributed by atoms with van der Waals surface area (Å²) in [4.78, 5) is 13.8. The molecule has 0 radical (unpaired) electrons. The van der Waals surface area contributed by atoms with Crippen LogP contribution >= 0.6 is 0 Å². The number of hydrogen-bond donors (Lipinski definition) is 3. The molecule has 6 nitrogen and oxygen atoms in total. The number of alkyl carbamates (subject to hydrolysis) is 1. The lowest BCUT2D eigenvalue weighted by Gasteiger charge is -2.21. The molecule has 2 heterocycles. The van der Waals surface area contributed by atoms with Gasteiger partial charge >= 0.3 is 6.09 Å². The van der Waals surface area contributed by atoms with Gasteiger partial charge in [0.1, 0.15) is 5.60 Å². The predicted octanol–water partition coefficient (Wildman–Crippen LogP) is 2.35. The fraction of sp³-hybridized carbons (Fsp3) is 0.667. The number of nitrogens with zero attached hydrogens (tertiary/aromatic N) is 1. The zero-order valence-corrected chi connectivity index (χ0v) is 17.3. The van der Waals surface area contributed by atoms with Crippen LogP contribution in [0.1, 0.15) is 39.2 Å². The first kappa shape index (κ1) is 21.7. The summed E-state index contributed by atoms with van der Waals surface area (Å²) in [5.41, 5.74) is 1.01. The lowest BCUT2D eigenvalue weighted by molar-refractivity contribution is 0.0508. The van der Waals surface area contributed by atoms with Gasteiger partial charge in [0, 0.05) is 38.3 Å². The van der Waals surface area contributed by atoms with E-state index in [0.717, 1.165) is 26.1 Å². The van der Waals surface area contributed by atoms with E-state index in [-0.39, 0.29) is 12.1 Å². The van der Waals surface area contributed by atoms with Gasteiger partial charge in [0.2, 0.25) is 0 Å². The first-order valence-corrected chi connectivity index (χ1v) is 9.99. The molecule has 3 rings (SSSR count). The van der Waals surface area contributed by atoms with Gasteiger partial charge in [-0.15, -0.1) is 0 Å². The molecule has 152 valence electrons. The Morgan fingerprint density at radius 2 is 1.96 bits per heavy atom. The number of carbonyl (C=O) groups is 1. The Kier molecular flexibility index (Phi) is 8.54. The monoisotopic (exact) mass is 376 g/mol. The lowest BCUT2D eigenvalue weighted by atomic mass is 10.2. The molecule has 0 saturated carbocycles. The third-order valence-corrected chi connectivity index (χ3v) is 4.71. The molecule has 1 aromatic rings. The van der Waals surface area contributed by atoms with Gasteiger partial charge in [-0.05, 0) is 52.8 Å². The van der Waals surface area contributed by atoms with Crippen LogP contribution in [-0.4, -0.2) is 61.9 Å². The first-order valence-electron chi connectivity index (χ1n) is 9.99. The number of hydrogen-bond acceptors (Lipinski definition) is 5. The Balaban J connectivity index is 0.000000194. The van der Waals surface area contributed by atoms with Crippen molar-refractivity contribution in [2.24, 2.45) is 0 Å². The molecular formula is C21H36N4O2. The first-order chi connectivity index (χ1) is 12.9. The van der Waals surface area contributed by atoms with Crippen molar-refractivity contribution in [2.45, 2.75) is 57.8 Å². The number of ether oxygens (including phenoxy) is 1. The van der Waals surface area contributed by atoms with Crippen molar-refractivity contribution >= 4 is 6.09 Å². The summed E-state index contributed by atoms with van der Waals surface area (Å²) in [6, 6.07) is 11.6. The maximum Gasteiger partial charge on any atom is 0.407 e. The number of carbonyl (C=O) groups excluding carboxylic acids is 1. The SMILES string of the molecule is CC(C)(C)OC(=O)NC1CCNC1.CN[C@@H]1CCN(Cc2ccccc2)C1. The van der Waals surface area contributed by atoms with Gasteiger partial charge in [0.25, 0.3) is 0 Å². The van der Waals surface area contributed by atoms with Crippen molar-refractivity contribution in [1.29, 1.82) is 0 Å². The topological polar surface area (TPSA) is 65.6 Å². The van der Waals surface area contributed by atoms with Crippen LogP contribution in [0.2, 0.25) is 0 Å². The van der Waals surface area contributed by atoms with E-state index in [0.29, 0.717) is 6.04 Å². The molecule has 1 unspecified atom stereocenters. The normalized spacial score (nSPS) is 22.8. The minimum atomic E-state index is -0.407. The van der Waals surface area contributed by atoms with E-state index in [1.54, 1.807) is 0 Å². The van der Waals surface area contributed by atoms with E-state index in [4.69, 9.17) is 4.74 Å². The highest BCUT2D eigenvalue weighted by atomic mass is 16.6. The van der Waals surface area contributed by atoms with Gasteiger partial charge in [-0.2, -0.15) is 0 Å². The fourth-order valence-corrected chi connectivity index (χ4v) is 3.31. The van der Waals surface area contributed by atoms with E-state index in [1.807, 2.05) is 20.8 Å². The van der Waals surface area contributed by atoms with Crippen LogP contribution in [0.15, 0.2) is 30.3 Å². The Morgan fingerprint density at radius 3 is 2.52 bits per heavy atom. The molecule has 2 fully saturated rings. The Morgan fingerprint density at radius 1 is 1.22 bits per heavy atom. The third-order valence-electron chi connectivity index (χ3n) is 4.71. The van der Waals surface area contributed by atoms with Crippen molar-refractivity contribution in [2.75, 3.05) is 33.2 Å². The summed E-state index contributed by atoms with van der Waals surface area (Å²) >= 11 is 0. The van der Waals surface area contributed by atoms with Gasteiger partial charge in [-0.25, -0.2) is 4.79 Å². The van der Waals surface area contributed by atoms with Crippen LogP contribution in [0.5, 0.6) is 0 Å². The Hall–Kier alpha value is -1.63. The number of amides is 1. The molecule has 1 aromatic carbocycles. The largest absolute Gasteiger partial charge is 0.444 e. The average Bonchev–Trinajstić information content (AvgIpc) is 3.26. The molecule has 2 aliphatic rings. The van der Waals surface area contributed by atoms with Gasteiger partial charge < -0.3 is 20.7 Å². The standard InChI is InChI=1S/C12H18N2.C9H18N2O2/c1-13-12-7-8-14(10-12)9-11-5-3-2-4-6-11;1-9(2,3)13-8(12)11-7-4-5-10-6-7/h2-6,12-13H,7-10H2,1H3;7,10H,4-6H2,1-3H3,(H,11,12)/t12-;/m1./s1. The molecule has 0 aliphatic carbocycles. The Labute approximate surface area is 164 Å². The third kappa shape index (κ3) is 8.73. The second-order valence-electron chi connectivity index (χ2n) is 8.33. The smallest absolute Gasteiger partial charge is 0.407 e. The van der Waals surface area contributed by atoms with E-state index in [2.05, 4.69) is 58.2 Å². The molecule has 0 aromatic heterocycles. The number of rotatable bonds is 4. The average molecular weight is 377 g/mol. The van der Waals surface area contributed by atoms with Crippen molar-refractivity contribution in [1.82, 2.24) is 20.9 Å². The zero-order chi connectivity index (χ0) is 19.7. The lowest BCUT2D eigenvalue weighted by Crippen LogP contribution is -2.40. The zero-order valence-electron chi connectivity index (χ0n) is 17.3. The summed E-state index contributed by atoms with van der Waals surface area (Å²) < 4.78 is 5.12. The van der Waals surface area contributed by atoms with Crippen molar-refractivity contribution in [3.8, 4) is 0 Å². The highest BCUT2D eigenvalue weighted by Crippen LogP contribution is 2.12. The summed E-state index contributed by atoms with van der Waals surface area (Å²) in [7, 11) is 2.05. The molecule has 2 saturated heterocycles. The van der Waals surface area contributed by atoms with Crippen LogP contribution in [0.25, 0.3) is 0 Å². The second-order valence-corrected chi connectivity index (χ2v) is 8.33. The molecule has 2 atom stereocenters. The maximum absolute atomic E-state index is 11.3. The number of likely N-dealkylation sites (tertiary alicyclic amines) is 1. The molecule has 27 heavy (non-hydrogen) atoms. The number of benzene rings is 1. The maximum atomic E-state index is 11.3. The summed E-state index contributed by atoms with van der Waals surface area (Å²) in [5, 5.41) is 9.32. The highest BCUT2D eigenvalue weighted by Gasteiger charge is 2.21. The van der Waals surface area contributed by atoms with Gasteiger partial charge in [0.15, 0.2) is 0 Å². The molecule has 3 N–H and O–H groups in total. The molecule has 0 bridgehead atoms. The quantitative estimate of drug-likeness (QED) is 0.753. The van der Waals surface area contributed by atoms with Crippen LogP contribution in [0.3, 0.4) is 0 Å². The van der Waals surface area contributed by atoms with Crippen LogP contribution < -0.4 is 16.0 Å².